The molecule has 166 valence electrons. The zero-order chi connectivity index (χ0) is 22.8. The third-order valence-corrected chi connectivity index (χ3v) is 6.93. The minimum Gasteiger partial charge on any atom is -0.496 e. The number of anilines is 1. The summed E-state index contributed by atoms with van der Waals surface area (Å²) in [5.41, 5.74) is 3.54. The Balaban J connectivity index is 1.73. The van der Waals surface area contributed by atoms with Crippen LogP contribution in [0.4, 0.5) is 5.69 Å². The Morgan fingerprint density at radius 1 is 1.06 bits per heavy atom. The van der Waals surface area contributed by atoms with Crippen molar-refractivity contribution in [2.75, 3.05) is 38.8 Å². The van der Waals surface area contributed by atoms with Crippen LogP contribution in [0.5, 0.6) is 17.2 Å². The maximum absolute atomic E-state index is 13.2. The molecule has 0 radical (unpaired) electrons. The van der Waals surface area contributed by atoms with Gasteiger partial charge < -0.3 is 19.1 Å². The van der Waals surface area contributed by atoms with E-state index >= 15 is 0 Å². The predicted octanol–water partition coefficient (Wildman–Crippen LogP) is 4.24. The normalized spacial score (nSPS) is 18.2. The Bertz CT molecular complexity index is 1120. The van der Waals surface area contributed by atoms with Crippen molar-refractivity contribution in [3.63, 3.8) is 0 Å². The van der Waals surface area contributed by atoms with Crippen LogP contribution in [0.2, 0.25) is 0 Å². The highest BCUT2D eigenvalue weighted by atomic mass is 32.2. The molecule has 32 heavy (non-hydrogen) atoms. The van der Waals surface area contributed by atoms with Crippen LogP contribution < -0.4 is 19.1 Å². The number of hydrogen-bond donors (Lipinski definition) is 0. The first-order valence-electron chi connectivity index (χ1n) is 10.2. The van der Waals surface area contributed by atoms with Crippen molar-refractivity contribution >= 4 is 23.4 Å². The summed E-state index contributed by atoms with van der Waals surface area (Å²) >= 11 is 1.51. The largest absolute Gasteiger partial charge is 0.496 e. The van der Waals surface area contributed by atoms with Gasteiger partial charge in [0.05, 0.1) is 50.5 Å². The van der Waals surface area contributed by atoms with E-state index in [-0.39, 0.29) is 12.3 Å². The molecule has 2 aromatic rings. The lowest BCUT2D eigenvalue weighted by Crippen LogP contribution is -2.47. The summed E-state index contributed by atoms with van der Waals surface area (Å²) < 4.78 is 16.4. The van der Waals surface area contributed by atoms with Gasteiger partial charge in [-0.25, -0.2) is 0 Å². The molecule has 2 heterocycles. The van der Waals surface area contributed by atoms with Crippen LogP contribution in [0.1, 0.15) is 23.5 Å². The van der Waals surface area contributed by atoms with Crippen molar-refractivity contribution < 1.29 is 19.0 Å². The third-order valence-electron chi connectivity index (χ3n) is 5.77. The molecule has 8 heteroatoms. The monoisotopic (exact) mass is 451 g/mol. The highest BCUT2D eigenvalue weighted by Gasteiger charge is 2.39. The SMILES string of the molecule is COc1cc(OC)c(C2CC(=O)N3CN(c4cccc(C)c4)CSC3=C2C#N)cc1OC. The van der Waals surface area contributed by atoms with Crippen molar-refractivity contribution in [3.8, 4) is 23.3 Å². The highest BCUT2D eigenvalue weighted by Crippen LogP contribution is 2.47. The molecule has 1 saturated heterocycles. The van der Waals surface area contributed by atoms with Crippen molar-refractivity contribution in [1.29, 1.82) is 5.26 Å². The van der Waals surface area contributed by atoms with E-state index in [1.807, 2.05) is 25.1 Å². The van der Waals surface area contributed by atoms with Gasteiger partial charge in [-0.1, -0.05) is 23.9 Å². The van der Waals surface area contributed by atoms with Crippen LogP contribution >= 0.6 is 11.8 Å². The predicted molar refractivity (Wildman–Crippen MR) is 124 cm³/mol. The molecule has 2 aliphatic rings. The molecular weight excluding hydrogens is 426 g/mol. The number of rotatable bonds is 5. The lowest BCUT2D eigenvalue weighted by atomic mass is 9.85. The second-order valence-corrected chi connectivity index (χ2v) is 8.59. The topological polar surface area (TPSA) is 75.0 Å². The number of hydrogen-bond acceptors (Lipinski definition) is 7. The summed E-state index contributed by atoms with van der Waals surface area (Å²) in [6.07, 6.45) is 0.181. The fourth-order valence-corrected chi connectivity index (χ4v) is 5.31. The molecule has 0 spiro atoms. The minimum absolute atomic E-state index is 0.0225. The molecule has 1 unspecified atom stereocenters. The first-order valence-corrected chi connectivity index (χ1v) is 11.2. The summed E-state index contributed by atoms with van der Waals surface area (Å²) in [7, 11) is 4.68. The van der Waals surface area contributed by atoms with Gasteiger partial charge in [-0.05, 0) is 30.7 Å². The first kappa shape index (κ1) is 21.9. The molecule has 0 saturated carbocycles. The van der Waals surface area contributed by atoms with E-state index < -0.39 is 5.92 Å². The number of thioether (sulfide) groups is 1. The summed E-state index contributed by atoms with van der Waals surface area (Å²) in [4.78, 5) is 17.1. The van der Waals surface area contributed by atoms with Gasteiger partial charge in [0, 0.05) is 29.7 Å². The van der Waals surface area contributed by atoms with Gasteiger partial charge in [-0.3, -0.25) is 9.69 Å². The number of fused-ring (bicyclic) bond motifs is 1. The molecule has 1 atom stereocenters. The number of aryl methyl sites for hydroxylation is 1. The average Bonchev–Trinajstić information content (AvgIpc) is 2.82. The van der Waals surface area contributed by atoms with Gasteiger partial charge in [0.15, 0.2) is 11.5 Å². The molecule has 2 aliphatic heterocycles. The quantitative estimate of drug-likeness (QED) is 0.673. The highest BCUT2D eigenvalue weighted by molar-refractivity contribution is 8.03. The van der Waals surface area contributed by atoms with Crippen molar-refractivity contribution in [1.82, 2.24) is 4.90 Å². The summed E-state index contributed by atoms with van der Waals surface area (Å²) in [5, 5.41) is 10.8. The van der Waals surface area contributed by atoms with Crippen molar-refractivity contribution in [2.24, 2.45) is 0 Å². The van der Waals surface area contributed by atoms with Gasteiger partial charge in [0.25, 0.3) is 0 Å². The first-order chi connectivity index (χ1) is 15.5. The van der Waals surface area contributed by atoms with Crippen molar-refractivity contribution in [2.45, 2.75) is 19.3 Å². The van der Waals surface area contributed by atoms with Gasteiger partial charge in [-0.2, -0.15) is 5.26 Å². The average molecular weight is 452 g/mol. The van der Waals surface area contributed by atoms with E-state index in [0.717, 1.165) is 21.8 Å². The summed E-state index contributed by atoms with van der Waals surface area (Å²) in [6, 6.07) is 14.1. The van der Waals surface area contributed by atoms with E-state index in [0.29, 0.717) is 35.4 Å². The molecule has 4 rings (SSSR count). The second-order valence-electron chi connectivity index (χ2n) is 7.65. The molecule has 1 fully saturated rings. The molecular formula is C24H25N3O4S. The number of carbonyl (C=O) groups is 1. The maximum atomic E-state index is 13.2. The Kier molecular flexibility index (Phi) is 6.19. The minimum atomic E-state index is -0.411. The van der Waals surface area contributed by atoms with Crippen molar-refractivity contribution in [3.05, 3.63) is 58.1 Å². The number of amides is 1. The number of benzene rings is 2. The van der Waals surface area contributed by atoms with Crippen LogP contribution in [0, 0.1) is 18.3 Å². The number of allylic oxidation sites excluding steroid dienone is 1. The number of nitriles is 1. The Morgan fingerprint density at radius 3 is 2.44 bits per heavy atom. The second kappa shape index (κ2) is 9.05. The van der Waals surface area contributed by atoms with Gasteiger partial charge in [0.2, 0.25) is 5.91 Å². The fourth-order valence-electron chi connectivity index (χ4n) is 4.14. The van der Waals surface area contributed by atoms with Crippen LogP contribution in [0.15, 0.2) is 47.0 Å². The molecule has 0 aliphatic carbocycles. The lowest BCUT2D eigenvalue weighted by Gasteiger charge is -2.42. The van der Waals surface area contributed by atoms with Crippen LogP contribution in [-0.4, -0.2) is 44.7 Å². The molecule has 2 aromatic carbocycles. The fraction of sp³-hybridized carbons (Fsp3) is 0.333. The smallest absolute Gasteiger partial charge is 0.229 e. The van der Waals surface area contributed by atoms with E-state index in [4.69, 9.17) is 14.2 Å². The maximum Gasteiger partial charge on any atom is 0.229 e. The number of nitrogens with zero attached hydrogens (tertiary/aromatic N) is 3. The zero-order valence-corrected chi connectivity index (χ0v) is 19.4. The summed E-state index contributed by atoms with van der Waals surface area (Å²) in [5.74, 6) is 1.84. The van der Waals surface area contributed by atoms with Crippen LogP contribution in [0.3, 0.4) is 0 Å². The standard InChI is InChI=1S/C24H25N3O4S/c1-15-6-5-7-16(8-15)26-13-27-23(28)10-17(19(12-25)24(27)32-14-26)18-9-21(30-3)22(31-4)11-20(18)29-2/h5-9,11,17H,10,13-14H2,1-4H3. The molecule has 7 nitrogen and oxygen atoms in total. The Morgan fingerprint density at radius 2 is 1.78 bits per heavy atom. The molecule has 0 N–H and O–H groups in total. The van der Waals surface area contributed by atoms with Gasteiger partial charge >= 0.3 is 0 Å². The molecule has 1 amide bonds. The Hall–Kier alpha value is -3.31. The number of methoxy groups -OCH3 is 3. The molecule has 0 aromatic heterocycles. The van der Waals surface area contributed by atoms with Gasteiger partial charge in [0.1, 0.15) is 5.75 Å². The number of carbonyl (C=O) groups excluding carboxylic acids is 1. The van der Waals surface area contributed by atoms with E-state index in [1.54, 1.807) is 38.4 Å². The van der Waals surface area contributed by atoms with E-state index in [9.17, 15) is 10.1 Å². The number of ether oxygens (including phenoxy) is 3. The van der Waals surface area contributed by atoms with Crippen LogP contribution in [-0.2, 0) is 4.79 Å². The van der Waals surface area contributed by atoms with E-state index in [1.165, 1.54) is 11.8 Å². The lowest BCUT2D eigenvalue weighted by molar-refractivity contribution is -0.129. The van der Waals surface area contributed by atoms with E-state index in [2.05, 4.69) is 17.0 Å². The Labute approximate surface area is 192 Å². The van der Waals surface area contributed by atoms with Crippen LogP contribution in [0.25, 0.3) is 0 Å². The summed E-state index contributed by atoms with van der Waals surface area (Å²) in [6.45, 7) is 2.47. The molecule has 0 bridgehead atoms. The third kappa shape index (κ3) is 3.84. The zero-order valence-electron chi connectivity index (χ0n) is 18.5. The van der Waals surface area contributed by atoms with Gasteiger partial charge in [-0.15, -0.1) is 0 Å².